The Kier molecular flexibility index (Phi) is 4.25. The van der Waals surface area contributed by atoms with Crippen LogP contribution in [0.1, 0.15) is 29.0 Å². The number of rotatable bonds is 4. The molecule has 1 aliphatic heterocycles. The molecular weight excluding hydrogens is 313 g/mol. The number of hydrogen-bond acceptors (Lipinski definition) is 5. The van der Waals surface area contributed by atoms with Crippen LogP contribution in [0, 0.1) is 11.2 Å². The summed E-state index contributed by atoms with van der Waals surface area (Å²) in [5.74, 6) is -0.922. The zero-order valence-corrected chi connectivity index (χ0v) is 13.1. The number of carbonyl (C=O) groups is 1. The van der Waals surface area contributed by atoms with Crippen LogP contribution in [0.4, 0.5) is 4.39 Å². The molecule has 1 amide bonds. The molecule has 7 N–H and O–H groups in total. The quantitative estimate of drug-likeness (QED) is 0.555. The lowest BCUT2D eigenvalue weighted by molar-refractivity contribution is 0.100. The van der Waals surface area contributed by atoms with Crippen LogP contribution in [0.5, 0.6) is 0 Å². The number of halogens is 1. The van der Waals surface area contributed by atoms with Gasteiger partial charge in [0.2, 0.25) is 0 Å². The number of imidazole rings is 1. The van der Waals surface area contributed by atoms with Crippen LogP contribution < -0.4 is 16.8 Å². The Morgan fingerprint density at radius 3 is 2.71 bits per heavy atom. The Balaban J connectivity index is 2.14. The smallest absolute Gasteiger partial charge is 0.251 e. The third kappa shape index (κ3) is 2.63. The van der Waals surface area contributed by atoms with Crippen molar-refractivity contribution < 1.29 is 14.3 Å². The number of fused-ring (bicyclic) bond motifs is 1. The average Bonchev–Trinajstić information content (AvgIpc) is 2.98. The number of nitrogens with zero attached hydrogens (tertiary/aromatic N) is 1. The Bertz CT molecular complexity index is 808. The summed E-state index contributed by atoms with van der Waals surface area (Å²) in [7, 11) is 0. The molecule has 1 saturated heterocycles. The van der Waals surface area contributed by atoms with Crippen LogP contribution >= 0.6 is 0 Å². The number of benzene rings is 1. The molecule has 7 nitrogen and oxygen atoms in total. The summed E-state index contributed by atoms with van der Waals surface area (Å²) in [5.41, 5.74) is 11.9. The van der Waals surface area contributed by atoms with E-state index >= 15 is 0 Å². The van der Waals surface area contributed by atoms with Gasteiger partial charge in [-0.15, -0.1) is 0 Å². The van der Waals surface area contributed by atoms with Gasteiger partial charge in [-0.3, -0.25) is 4.79 Å². The van der Waals surface area contributed by atoms with Crippen molar-refractivity contribution in [1.29, 1.82) is 0 Å². The van der Waals surface area contributed by atoms with Crippen molar-refractivity contribution in [1.82, 2.24) is 15.3 Å². The lowest BCUT2D eigenvalue weighted by Gasteiger charge is -2.37. The first kappa shape index (κ1) is 16.4. The molecule has 128 valence electrons. The number of primary amides is 1. The lowest BCUT2D eigenvalue weighted by atomic mass is 9.73. The van der Waals surface area contributed by atoms with Gasteiger partial charge < -0.3 is 26.9 Å². The summed E-state index contributed by atoms with van der Waals surface area (Å²) in [6.45, 7) is 1.42. The van der Waals surface area contributed by atoms with Crippen molar-refractivity contribution in [2.45, 2.75) is 12.8 Å². The first-order valence-electron chi connectivity index (χ1n) is 7.74. The molecule has 2 aromatic rings. The fraction of sp³-hybridized carbons (Fsp3) is 0.375. The molecule has 1 aliphatic rings. The van der Waals surface area contributed by atoms with E-state index in [1.165, 1.54) is 12.3 Å². The number of aromatic nitrogens is 2. The van der Waals surface area contributed by atoms with Gasteiger partial charge in [-0.1, -0.05) is 0 Å². The minimum Gasteiger partial charge on any atom is -0.404 e. The molecule has 2 heterocycles. The molecule has 0 atom stereocenters. The van der Waals surface area contributed by atoms with E-state index in [1.54, 1.807) is 0 Å². The number of carbonyl (C=O) groups excluding carboxylic acids is 1. The van der Waals surface area contributed by atoms with Crippen LogP contribution in [-0.2, 0) is 0 Å². The molecule has 3 rings (SSSR count). The Labute approximate surface area is 137 Å². The third-order valence-electron chi connectivity index (χ3n) is 4.67. The van der Waals surface area contributed by atoms with Crippen molar-refractivity contribution in [2.24, 2.45) is 16.9 Å². The number of aliphatic hydroxyl groups is 1. The highest BCUT2D eigenvalue weighted by Gasteiger charge is 2.37. The second kappa shape index (κ2) is 6.21. The number of nitrogens with one attached hydrogen (secondary N) is 2. The first-order valence-corrected chi connectivity index (χ1v) is 7.74. The van der Waals surface area contributed by atoms with Crippen LogP contribution in [0.3, 0.4) is 0 Å². The zero-order valence-electron chi connectivity index (χ0n) is 13.1. The van der Waals surface area contributed by atoms with Gasteiger partial charge in [-0.2, -0.15) is 0 Å². The zero-order chi connectivity index (χ0) is 17.3. The van der Waals surface area contributed by atoms with Gasteiger partial charge >= 0.3 is 0 Å². The van der Waals surface area contributed by atoms with E-state index in [1.807, 2.05) is 0 Å². The molecule has 1 fully saturated rings. The van der Waals surface area contributed by atoms with Gasteiger partial charge in [-0.25, -0.2) is 9.37 Å². The molecule has 1 aromatic heterocycles. The van der Waals surface area contributed by atoms with Crippen LogP contribution in [-0.4, -0.2) is 40.7 Å². The molecular formula is C16H20FN5O2. The normalized spacial score (nSPS) is 18.0. The summed E-state index contributed by atoms with van der Waals surface area (Å²) in [6, 6.07) is 2.31. The summed E-state index contributed by atoms with van der Waals surface area (Å²) >= 11 is 0. The summed E-state index contributed by atoms with van der Waals surface area (Å²) in [4.78, 5) is 19.0. The van der Waals surface area contributed by atoms with E-state index < -0.39 is 17.1 Å². The standard InChI is InChI=1S/C16H20FN5O2/c17-9-5-10(14(19)24)13-12(6-9)21-15(22-13)11(7-18)16(8-23)1-3-20-4-2-16/h5-7,20,23H,1-4,8,18H2,(H2,19,24)(H,21,22). The molecule has 8 heteroatoms. The third-order valence-corrected chi connectivity index (χ3v) is 4.67. The summed E-state index contributed by atoms with van der Waals surface area (Å²) < 4.78 is 13.7. The molecule has 0 unspecified atom stereocenters. The minimum atomic E-state index is -0.755. The number of piperidine rings is 1. The minimum absolute atomic E-state index is 0.00670. The Morgan fingerprint density at radius 2 is 2.12 bits per heavy atom. The van der Waals surface area contributed by atoms with E-state index in [0.717, 1.165) is 19.2 Å². The van der Waals surface area contributed by atoms with Gasteiger partial charge in [0.1, 0.15) is 17.2 Å². The fourth-order valence-corrected chi connectivity index (χ4v) is 3.32. The molecule has 0 spiro atoms. The molecule has 0 radical (unpaired) electrons. The topological polar surface area (TPSA) is 130 Å². The average molecular weight is 333 g/mol. The number of amides is 1. The molecule has 0 saturated carbocycles. The number of nitrogens with two attached hydrogens (primary N) is 2. The maximum Gasteiger partial charge on any atom is 0.251 e. The molecule has 0 bridgehead atoms. The Morgan fingerprint density at radius 1 is 1.42 bits per heavy atom. The van der Waals surface area contributed by atoms with E-state index in [0.29, 0.717) is 35.3 Å². The highest BCUT2D eigenvalue weighted by molar-refractivity contribution is 6.04. The van der Waals surface area contributed by atoms with Crippen LogP contribution in [0.2, 0.25) is 0 Å². The van der Waals surface area contributed by atoms with E-state index in [2.05, 4.69) is 15.3 Å². The van der Waals surface area contributed by atoms with Crippen molar-refractivity contribution in [3.05, 3.63) is 35.5 Å². The van der Waals surface area contributed by atoms with Crippen molar-refractivity contribution in [3.8, 4) is 0 Å². The Hall–Kier alpha value is -2.45. The summed E-state index contributed by atoms with van der Waals surface area (Å²) in [5, 5.41) is 13.2. The van der Waals surface area contributed by atoms with Gasteiger partial charge in [0.15, 0.2) is 0 Å². The van der Waals surface area contributed by atoms with Crippen LogP contribution in [0.25, 0.3) is 16.6 Å². The van der Waals surface area contributed by atoms with Crippen molar-refractivity contribution in [3.63, 3.8) is 0 Å². The molecule has 0 aliphatic carbocycles. The van der Waals surface area contributed by atoms with E-state index in [4.69, 9.17) is 11.5 Å². The van der Waals surface area contributed by atoms with Gasteiger partial charge in [0.05, 0.1) is 17.7 Å². The van der Waals surface area contributed by atoms with Crippen LogP contribution in [0.15, 0.2) is 18.3 Å². The highest BCUT2D eigenvalue weighted by Crippen LogP contribution is 2.41. The fourth-order valence-electron chi connectivity index (χ4n) is 3.32. The molecule has 1 aromatic carbocycles. The van der Waals surface area contributed by atoms with Gasteiger partial charge in [0, 0.05) is 17.2 Å². The summed E-state index contributed by atoms with van der Waals surface area (Å²) in [6.07, 6.45) is 2.81. The van der Waals surface area contributed by atoms with Gasteiger partial charge in [-0.05, 0) is 38.1 Å². The SMILES string of the molecule is NC=C(c1nc2c(C(N)=O)cc(F)cc2[nH]1)C1(CO)CCNCC1. The monoisotopic (exact) mass is 333 g/mol. The number of H-pyrrole nitrogens is 1. The molecule has 24 heavy (non-hydrogen) atoms. The maximum atomic E-state index is 13.7. The predicted molar refractivity (Wildman–Crippen MR) is 88.4 cm³/mol. The number of hydrogen-bond donors (Lipinski definition) is 5. The van der Waals surface area contributed by atoms with Crippen molar-refractivity contribution >= 4 is 22.5 Å². The second-order valence-electron chi connectivity index (χ2n) is 6.07. The van der Waals surface area contributed by atoms with Crippen molar-refractivity contribution in [2.75, 3.05) is 19.7 Å². The number of aliphatic hydroxyl groups excluding tert-OH is 1. The lowest BCUT2D eigenvalue weighted by Crippen LogP contribution is -2.40. The highest BCUT2D eigenvalue weighted by atomic mass is 19.1. The van der Waals surface area contributed by atoms with Gasteiger partial charge in [0.25, 0.3) is 5.91 Å². The second-order valence-corrected chi connectivity index (χ2v) is 6.07. The predicted octanol–water partition coefficient (Wildman–Crippen LogP) is 0.463. The van der Waals surface area contributed by atoms with E-state index in [9.17, 15) is 14.3 Å². The first-order chi connectivity index (χ1) is 11.5. The number of aromatic amines is 1. The van der Waals surface area contributed by atoms with E-state index in [-0.39, 0.29) is 12.2 Å². The largest absolute Gasteiger partial charge is 0.404 e. The maximum absolute atomic E-state index is 13.7.